The molecule has 0 bridgehead atoms. The first kappa shape index (κ1) is 26.5. The van der Waals surface area contributed by atoms with E-state index in [4.69, 9.17) is 4.74 Å². The number of esters is 1. The molecule has 0 N–H and O–H groups in total. The van der Waals surface area contributed by atoms with Crippen LogP contribution in [0.2, 0.25) is 0 Å². The summed E-state index contributed by atoms with van der Waals surface area (Å²) in [5.41, 5.74) is 3.36. The lowest BCUT2D eigenvalue weighted by Crippen LogP contribution is -2.35. The van der Waals surface area contributed by atoms with Crippen LogP contribution in [0.25, 0.3) is 0 Å². The molecule has 0 amide bonds. The van der Waals surface area contributed by atoms with Crippen molar-refractivity contribution in [1.82, 2.24) is 0 Å². The number of carbonyl (C=O) groups excluding carboxylic acids is 1. The predicted molar refractivity (Wildman–Crippen MR) is 129 cm³/mol. The van der Waals surface area contributed by atoms with Crippen LogP contribution >= 0.6 is 0 Å². The summed E-state index contributed by atoms with van der Waals surface area (Å²) in [6, 6.07) is 4.24. The normalized spacial score (nSPS) is 21.7. The molecule has 5 nitrogen and oxygen atoms in total. The summed E-state index contributed by atoms with van der Waals surface area (Å²) < 4.78 is 65.5. The summed E-state index contributed by atoms with van der Waals surface area (Å²) in [6.45, 7) is -1.75. The van der Waals surface area contributed by atoms with Crippen LogP contribution in [0.5, 0.6) is 0 Å². The minimum absolute atomic E-state index is 0.154. The molecular formula is C27H37F2O5S-. The van der Waals surface area contributed by atoms with Crippen molar-refractivity contribution in [3.63, 3.8) is 0 Å². The molecule has 0 heterocycles. The van der Waals surface area contributed by atoms with Gasteiger partial charge in [0.25, 0.3) is 0 Å². The van der Waals surface area contributed by atoms with Crippen molar-refractivity contribution < 1.29 is 31.3 Å². The van der Waals surface area contributed by atoms with Gasteiger partial charge in [-0.3, -0.25) is 0 Å². The first-order valence-electron chi connectivity index (χ1n) is 13.4. The van der Waals surface area contributed by atoms with E-state index in [-0.39, 0.29) is 11.8 Å². The SMILES string of the molecule is O=C(OCC(F)(F)S(=O)(=O)[O-])c1c(C2CCCCC2)cc(C2CCCCC2)cc1C1CCCCC1. The molecule has 0 aromatic heterocycles. The van der Waals surface area contributed by atoms with Crippen LogP contribution < -0.4 is 0 Å². The second-order valence-corrected chi connectivity index (χ2v) is 12.3. The number of ether oxygens (including phenoxy) is 1. The Bertz CT molecular complexity index is 950. The van der Waals surface area contributed by atoms with E-state index in [1.807, 2.05) is 0 Å². The minimum atomic E-state index is -5.92. The summed E-state index contributed by atoms with van der Waals surface area (Å²) in [5, 5.41) is -4.65. The summed E-state index contributed by atoms with van der Waals surface area (Å²) in [5.74, 6) is -0.181. The number of hydrogen-bond acceptors (Lipinski definition) is 5. The number of rotatable bonds is 7. The van der Waals surface area contributed by atoms with Crippen LogP contribution in [0, 0.1) is 0 Å². The van der Waals surface area contributed by atoms with Gasteiger partial charge in [0.05, 0.1) is 5.56 Å². The van der Waals surface area contributed by atoms with Crippen LogP contribution in [0.3, 0.4) is 0 Å². The van der Waals surface area contributed by atoms with E-state index in [9.17, 15) is 26.5 Å². The van der Waals surface area contributed by atoms with Gasteiger partial charge in [-0.2, -0.15) is 8.78 Å². The van der Waals surface area contributed by atoms with Crippen molar-refractivity contribution in [2.45, 2.75) is 119 Å². The Hall–Kier alpha value is -1.54. The quantitative estimate of drug-likeness (QED) is 0.287. The van der Waals surface area contributed by atoms with Crippen LogP contribution in [0.1, 0.15) is 141 Å². The van der Waals surface area contributed by atoms with Crippen LogP contribution in [0.15, 0.2) is 12.1 Å². The third-order valence-corrected chi connectivity index (χ3v) is 9.18. The van der Waals surface area contributed by atoms with Gasteiger partial charge >= 0.3 is 11.2 Å². The number of halogens is 2. The first-order valence-corrected chi connectivity index (χ1v) is 14.8. The minimum Gasteiger partial charge on any atom is -0.743 e. The largest absolute Gasteiger partial charge is 0.743 e. The molecule has 0 radical (unpaired) electrons. The van der Waals surface area contributed by atoms with Gasteiger partial charge in [-0.25, -0.2) is 13.2 Å². The molecular weight excluding hydrogens is 474 g/mol. The second-order valence-electron chi connectivity index (χ2n) is 10.7. The molecule has 3 aliphatic carbocycles. The molecule has 1 aromatic carbocycles. The van der Waals surface area contributed by atoms with Gasteiger partial charge in [-0.15, -0.1) is 0 Å². The number of benzene rings is 1. The van der Waals surface area contributed by atoms with Crippen molar-refractivity contribution in [2.24, 2.45) is 0 Å². The fourth-order valence-electron chi connectivity index (χ4n) is 6.38. The van der Waals surface area contributed by atoms with Crippen LogP contribution in [0.4, 0.5) is 8.78 Å². The maximum Gasteiger partial charge on any atom is 0.367 e. The van der Waals surface area contributed by atoms with E-state index >= 15 is 0 Å². The maximum atomic E-state index is 13.8. The van der Waals surface area contributed by atoms with E-state index in [1.165, 1.54) is 24.8 Å². The van der Waals surface area contributed by atoms with E-state index in [0.29, 0.717) is 11.5 Å². The molecule has 4 rings (SSSR count). The zero-order valence-corrected chi connectivity index (χ0v) is 21.2. The van der Waals surface area contributed by atoms with Crippen molar-refractivity contribution in [3.05, 3.63) is 34.4 Å². The van der Waals surface area contributed by atoms with Gasteiger partial charge in [-0.1, -0.05) is 69.9 Å². The predicted octanol–water partition coefficient (Wildman–Crippen LogP) is 7.12. The zero-order chi connectivity index (χ0) is 25.1. The van der Waals surface area contributed by atoms with Gasteiger partial charge in [0.15, 0.2) is 16.7 Å². The Morgan fingerprint density at radius 3 is 1.60 bits per heavy atom. The highest BCUT2D eigenvalue weighted by atomic mass is 32.2. The molecule has 3 aliphatic rings. The number of carbonyl (C=O) groups is 1. The van der Waals surface area contributed by atoms with Crippen molar-refractivity contribution >= 4 is 16.1 Å². The van der Waals surface area contributed by atoms with E-state index in [2.05, 4.69) is 12.1 Å². The van der Waals surface area contributed by atoms with Crippen molar-refractivity contribution in [1.29, 1.82) is 0 Å². The lowest BCUT2D eigenvalue weighted by Gasteiger charge is -2.32. The van der Waals surface area contributed by atoms with Crippen molar-refractivity contribution in [3.8, 4) is 0 Å². The molecule has 0 atom stereocenters. The van der Waals surface area contributed by atoms with Crippen LogP contribution in [-0.2, 0) is 14.9 Å². The third kappa shape index (κ3) is 6.24. The molecule has 0 aliphatic heterocycles. The molecule has 1 aromatic rings. The molecule has 0 unspecified atom stereocenters. The van der Waals surface area contributed by atoms with Gasteiger partial charge < -0.3 is 9.29 Å². The Morgan fingerprint density at radius 2 is 1.20 bits per heavy atom. The second kappa shape index (κ2) is 11.2. The molecule has 8 heteroatoms. The van der Waals surface area contributed by atoms with Gasteiger partial charge in [0.2, 0.25) is 0 Å². The fourth-order valence-corrected chi connectivity index (χ4v) is 6.59. The zero-order valence-electron chi connectivity index (χ0n) is 20.4. The molecule has 0 saturated heterocycles. The average Bonchev–Trinajstić information content (AvgIpc) is 2.87. The van der Waals surface area contributed by atoms with E-state index in [1.54, 1.807) is 0 Å². The Kier molecular flexibility index (Phi) is 8.52. The maximum absolute atomic E-state index is 13.8. The Balaban J connectivity index is 1.76. The smallest absolute Gasteiger partial charge is 0.367 e. The lowest BCUT2D eigenvalue weighted by atomic mass is 9.73. The van der Waals surface area contributed by atoms with Gasteiger partial charge in [-0.05, 0) is 73.0 Å². The summed E-state index contributed by atoms with van der Waals surface area (Å²) >= 11 is 0. The standard InChI is InChI=1S/C27H38F2O5S/c28-27(29,35(31,32)33)18-34-26(30)25-23(20-12-6-2-7-13-20)16-22(19-10-4-1-5-11-19)17-24(25)21-14-8-3-9-15-21/h16-17,19-21H,1-15,18H2,(H,31,32,33)/p-1. The Labute approximate surface area is 207 Å². The highest BCUT2D eigenvalue weighted by Gasteiger charge is 2.40. The molecule has 196 valence electrons. The van der Waals surface area contributed by atoms with Gasteiger partial charge in [0, 0.05) is 0 Å². The van der Waals surface area contributed by atoms with E-state index < -0.39 is 27.9 Å². The van der Waals surface area contributed by atoms with E-state index in [0.717, 1.165) is 88.2 Å². The monoisotopic (exact) mass is 511 g/mol. The average molecular weight is 512 g/mol. The number of alkyl halides is 2. The van der Waals surface area contributed by atoms with Crippen molar-refractivity contribution in [2.75, 3.05) is 6.61 Å². The van der Waals surface area contributed by atoms with Crippen LogP contribution in [-0.4, -0.2) is 30.8 Å². The molecule has 3 saturated carbocycles. The fraction of sp³-hybridized carbons (Fsp3) is 0.741. The highest BCUT2D eigenvalue weighted by molar-refractivity contribution is 7.86. The summed E-state index contributed by atoms with van der Waals surface area (Å²) in [7, 11) is -5.92. The first-order chi connectivity index (χ1) is 16.7. The van der Waals surface area contributed by atoms with Gasteiger partial charge in [0.1, 0.15) is 0 Å². The number of hydrogen-bond donors (Lipinski definition) is 0. The summed E-state index contributed by atoms with van der Waals surface area (Å²) in [4.78, 5) is 13.4. The Morgan fingerprint density at radius 1 is 0.800 bits per heavy atom. The molecule has 35 heavy (non-hydrogen) atoms. The summed E-state index contributed by atoms with van der Waals surface area (Å²) in [6.07, 6.45) is 16.1. The molecule has 0 spiro atoms. The highest BCUT2D eigenvalue weighted by Crippen LogP contribution is 2.44. The lowest BCUT2D eigenvalue weighted by molar-refractivity contribution is -0.0102. The topological polar surface area (TPSA) is 83.5 Å². The molecule has 3 fully saturated rings. The third-order valence-electron chi connectivity index (χ3n) is 8.33.